The Morgan fingerprint density at radius 2 is 2.12 bits per heavy atom. The molecule has 0 saturated carbocycles. The van der Waals surface area contributed by atoms with Gasteiger partial charge in [-0.15, -0.1) is 0 Å². The molecule has 94 valence electrons. The van der Waals surface area contributed by atoms with Gasteiger partial charge in [-0.2, -0.15) is 0 Å². The van der Waals surface area contributed by atoms with Crippen molar-refractivity contribution in [3.63, 3.8) is 0 Å². The molecule has 1 rings (SSSR count). The zero-order valence-electron chi connectivity index (χ0n) is 10.3. The van der Waals surface area contributed by atoms with E-state index in [2.05, 4.69) is 15.9 Å². The first-order chi connectivity index (χ1) is 8.19. The Kier molecular flexibility index (Phi) is 6.05. The van der Waals surface area contributed by atoms with Crippen LogP contribution < -0.4 is 4.74 Å². The number of amides is 1. The van der Waals surface area contributed by atoms with Crippen molar-refractivity contribution in [3.05, 3.63) is 29.8 Å². The molecular weight excluding hydrogens is 282 g/mol. The largest absolute Gasteiger partial charge is 0.496 e. The van der Waals surface area contributed by atoms with Crippen LogP contribution in [0.25, 0.3) is 0 Å². The van der Waals surface area contributed by atoms with Crippen LogP contribution >= 0.6 is 15.9 Å². The van der Waals surface area contributed by atoms with E-state index >= 15 is 0 Å². The van der Waals surface area contributed by atoms with Gasteiger partial charge in [-0.25, -0.2) is 0 Å². The van der Waals surface area contributed by atoms with E-state index in [4.69, 9.17) is 4.74 Å². The van der Waals surface area contributed by atoms with Crippen molar-refractivity contribution in [1.82, 2.24) is 4.90 Å². The molecule has 0 fully saturated rings. The van der Waals surface area contributed by atoms with Crippen molar-refractivity contribution in [3.8, 4) is 5.75 Å². The molecule has 0 bridgehead atoms. The molecule has 0 atom stereocenters. The zero-order chi connectivity index (χ0) is 12.7. The van der Waals surface area contributed by atoms with Gasteiger partial charge in [-0.1, -0.05) is 34.1 Å². The minimum absolute atomic E-state index is 0.121. The molecule has 0 aliphatic carbocycles. The van der Waals surface area contributed by atoms with Gasteiger partial charge in [0, 0.05) is 24.5 Å². The molecule has 1 aromatic carbocycles. The van der Waals surface area contributed by atoms with Crippen LogP contribution in [-0.4, -0.2) is 36.8 Å². The summed E-state index contributed by atoms with van der Waals surface area (Å²) >= 11 is 3.36. The lowest BCUT2D eigenvalue weighted by Gasteiger charge is -2.17. The maximum atomic E-state index is 11.9. The molecule has 0 unspecified atom stereocenters. The molecule has 1 amide bonds. The zero-order valence-corrected chi connectivity index (χ0v) is 11.9. The Hall–Kier alpha value is -1.03. The number of hydrogen-bond acceptors (Lipinski definition) is 2. The summed E-state index contributed by atoms with van der Waals surface area (Å²) in [7, 11) is 3.46. The highest BCUT2D eigenvalue weighted by molar-refractivity contribution is 9.09. The van der Waals surface area contributed by atoms with E-state index < -0.39 is 0 Å². The maximum absolute atomic E-state index is 11.9. The van der Waals surface area contributed by atoms with E-state index in [1.54, 1.807) is 12.0 Å². The Morgan fingerprint density at radius 1 is 1.41 bits per heavy atom. The molecule has 3 nitrogen and oxygen atoms in total. The number of rotatable bonds is 6. The van der Waals surface area contributed by atoms with Gasteiger partial charge in [-0.3, -0.25) is 4.79 Å². The first-order valence-electron chi connectivity index (χ1n) is 5.61. The lowest BCUT2D eigenvalue weighted by molar-refractivity contribution is -0.129. The number of nitrogens with zero attached hydrogens (tertiary/aromatic N) is 1. The lowest BCUT2D eigenvalue weighted by Crippen LogP contribution is -2.29. The average Bonchev–Trinajstić information content (AvgIpc) is 2.36. The van der Waals surface area contributed by atoms with Crippen LogP contribution in [0.5, 0.6) is 5.75 Å². The van der Waals surface area contributed by atoms with E-state index in [1.165, 1.54) is 0 Å². The van der Waals surface area contributed by atoms with Gasteiger partial charge in [0.2, 0.25) is 5.91 Å². The number of methoxy groups -OCH3 is 1. The van der Waals surface area contributed by atoms with Gasteiger partial charge in [0.25, 0.3) is 0 Å². The van der Waals surface area contributed by atoms with Gasteiger partial charge >= 0.3 is 0 Å². The topological polar surface area (TPSA) is 29.5 Å². The van der Waals surface area contributed by atoms with Crippen molar-refractivity contribution in [2.24, 2.45) is 0 Å². The third-order valence-corrected chi connectivity index (χ3v) is 3.15. The highest BCUT2D eigenvalue weighted by atomic mass is 79.9. The summed E-state index contributed by atoms with van der Waals surface area (Å²) in [5.41, 5.74) is 0.936. The van der Waals surface area contributed by atoms with Crippen LogP contribution in [0.15, 0.2) is 24.3 Å². The molecule has 0 aromatic heterocycles. The summed E-state index contributed by atoms with van der Waals surface area (Å²) in [4.78, 5) is 13.7. The fourth-order valence-electron chi connectivity index (χ4n) is 1.57. The van der Waals surface area contributed by atoms with Gasteiger partial charge < -0.3 is 9.64 Å². The monoisotopic (exact) mass is 299 g/mol. The van der Waals surface area contributed by atoms with E-state index in [0.29, 0.717) is 6.42 Å². The normalized spacial score (nSPS) is 10.1. The fourth-order valence-corrected chi connectivity index (χ4v) is 1.82. The summed E-state index contributed by atoms with van der Waals surface area (Å²) in [5.74, 6) is 0.894. The predicted octanol–water partition coefficient (Wildman–Crippen LogP) is 2.48. The minimum Gasteiger partial charge on any atom is -0.496 e. The van der Waals surface area contributed by atoms with Crippen LogP contribution in [0.4, 0.5) is 0 Å². The van der Waals surface area contributed by atoms with Crippen LogP contribution in [0.1, 0.15) is 12.0 Å². The second-order valence-corrected chi connectivity index (χ2v) is 4.64. The first-order valence-corrected chi connectivity index (χ1v) is 6.73. The summed E-state index contributed by atoms with van der Waals surface area (Å²) in [5, 5.41) is 0.916. The van der Waals surface area contributed by atoms with E-state index in [-0.39, 0.29) is 5.91 Å². The molecule has 0 spiro atoms. The summed E-state index contributed by atoms with van der Waals surface area (Å²) in [6, 6.07) is 7.63. The summed E-state index contributed by atoms with van der Waals surface area (Å²) in [6.07, 6.45) is 1.36. The minimum atomic E-state index is 0.121. The van der Waals surface area contributed by atoms with Gasteiger partial charge in [-0.05, 0) is 12.5 Å². The third-order valence-electron chi connectivity index (χ3n) is 2.59. The fraction of sp³-hybridized carbons (Fsp3) is 0.462. The van der Waals surface area contributed by atoms with Crippen LogP contribution in [-0.2, 0) is 11.2 Å². The van der Waals surface area contributed by atoms with Crippen molar-refractivity contribution >= 4 is 21.8 Å². The number of likely N-dealkylation sites (N-methyl/N-ethyl adjacent to an activating group) is 1. The number of halogens is 1. The van der Waals surface area contributed by atoms with Gasteiger partial charge in [0.1, 0.15) is 5.75 Å². The first kappa shape index (κ1) is 14.0. The van der Waals surface area contributed by atoms with Gasteiger partial charge in [0.05, 0.1) is 13.5 Å². The van der Waals surface area contributed by atoms with Crippen molar-refractivity contribution in [1.29, 1.82) is 0 Å². The van der Waals surface area contributed by atoms with E-state index in [0.717, 1.165) is 29.6 Å². The number of benzene rings is 1. The number of para-hydroxylation sites is 1. The second kappa shape index (κ2) is 7.33. The smallest absolute Gasteiger partial charge is 0.226 e. The molecule has 17 heavy (non-hydrogen) atoms. The number of hydrogen-bond donors (Lipinski definition) is 0. The Labute approximate surface area is 111 Å². The van der Waals surface area contributed by atoms with Crippen molar-refractivity contribution in [2.75, 3.05) is 26.0 Å². The highest BCUT2D eigenvalue weighted by Crippen LogP contribution is 2.18. The van der Waals surface area contributed by atoms with Crippen LogP contribution in [0.3, 0.4) is 0 Å². The third kappa shape index (κ3) is 4.38. The Balaban J connectivity index is 2.61. The number of carbonyl (C=O) groups excluding carboxylic acids is 1. The molecule has 0 N–H and O–H groups in total. The van der Waals surface area contributed by atoms with Crippen LogP contribution in [0.2, 0.25) is 0 Å². The Morgan fingerprint density at radius 3 is 2.76 bits per heavy atom. The van der Waals surface area contributed by atoms with E-state index in [9.17, 15) is 4.79 Å². The van der Waals surface area contributed by atoms with E-state index in [1.807, 2.05) is 31.3 Å². The Bertz CT molecular complexity index is 368. The molecule has 0 saturated heterocycles. The molecule has 0 aliphatic rings. The SMILES string of the molecule is COc1ccccc1CC(=O)N(C)CCCBr. The number of carbonyl (C=O) groups is 1. The second-order valence-electron chi connectivity index (χ2n) is 3.85. The summed E-state index contributed by atoms with van der Waals surface area (Å²) < 4.78 is 5.23. The maximum Gasteiger partial charge on any atom is 0.226 e. The van der Waals surface area contributed by atoms with Crippen LogP contribution in [0, 0.1) is 0 Å². The van der Waals surface area contributed by atoms with Crippen molar-refractivity contribution < 1.29 is 9.53 Å². The highest BCUT2D eigenvalue weighted by Gasteiger charge is 2.11. The van der Waals surface area contributed by atoms with Crippen molar-refractivity contribution in [2.45, 2.75) is 12.8 Å². The summed E-state index contributed by atoms with van der Waals surface area (Å²) in [6.45, 7) is 0.777. The number of ether oxygens (including phenoxy) is 1. The number of alkyl halides is 1. The molecule has 0 aliphatic heterocycles. The lowest BCUT2D eigenvalue weighted by atomic mass is 10.1. The molecule has 1 aromatic rings. The molecular formula is C13H18BrNO2. The molecule has 4 heteroatoms. The molecule has 0 heterocycles. The standard InChI is InChI=1S/C13H18BrNO2/c1-15(9-5-8-14)13(16)10-11-6-3-4-7-12(11)17-2/h3-4,6-7H,5,8-10H2,1-2H3. The average molecular weight is 300 g/mol. The molecule has 0 radical (unpaired) electrons. The predicted molar refractivity (Wildman–Crippen MR) is 72.7 cm³/mol. The van der Waals surface area contributed by atoms with Gasteiger partial charge in [0.15, 0.2) is 0 Å². The quantitative estimate of drug-likeness (QED) is 0.755.